The highest BCUT2D eigenvalue weighted by molar-refractivity contribution is 9.10. The minimum absolute atomic E-state index is 0.332. The quantitative estimate of drug-likeness (QED) is 0.870. The van der Waals surface area contributed by atoms with Crippen molar-refractivity contribution in [2.75, 3.05) is 5.32 Å². The molecular formula is C14H11BrClFN2O. The molecule has 0 saturated heterocycles. The molecule has 6 heteroatoms. The maximum atomic E-state index is 13.4. The van der Waals surface area contributed by atoms with Gasteiger partial charge in [0.2, 0.25) is 5.91 Å². The second-order valence-electron chi connectivity index (χ2n) is 4.16. The Morgan fingerprint density at radius 1 is 1.30 bits per heavy atom. The van der Waals surface area contributed by atoms with Gasteiger partial charge in [-0.1, -0.05) is 17.7 Å². The molecule has 2 aromatic rings. The van der Waals surface area contributed by atoms with Gasteiger partial charge in [-0.15, -0.1) is 0 Å². The lowest BCUT2D eigenvalue weighted by molar-refractivity contribution is 0.100. The molecular weight excluding hydrogens is 347 g/mol. The SMILES string of the molecule is NC(=O)c1ccc(Cl)c(NCc2ccc(Br)c(F)c2)c1. The Kier molecular flexibility index (Phi) is 4.62. The number of carbonyl (C=O) groups is 1. The number of hydrogen-bond donors (Lipinski definition) is 2. The van der Waals surface area contributed by atoms with E-state index in [1.54, 1.807) is 30.3 Å². The molecule has 0 aliphatic heterocycles. The summed E-state index contributed by atoms with van der Waals surface area (Å²) >= 11 is 9.12. The molecule has 2 rings (SSSR count). The molecule has 0 aromatic heterocycles. The van der Waals surface area contributed by atoms with Crippen LogP contribution in [0.25, 0.3) is 0 Å². The van der Waals surface area contributed by atoms with Crippen molar-refractivity contribution in [3.8, 4) is 0 Å². The molecule has 104 valence electrons. The maximum absolute atomic E-state index is 13.4. The van der Waals surface area contributed by atoms with Crippen molar-refractivity contribution in [2.24, 2.45) is 5.73 Å². The number of rotatable bonds is 4. The first-order chi connectivity index (χ1) is 9.47. The van der Waals surface area contributed by atoms with E-state index in [1.807, 2.05) is 0 Å². The average Bonchev–Trinajstić information content (AvgIpc) is 2.41. The summed E-state index contributed by atoms with van der Waals surface area (Å²) in [6.45, 7) is 0.381. The van der Waals surface area contributed by atoms with Crippen LogP contribution < -0.4 is 11.1 Å². The minimum Gasteiger partial charge on any atom is -0.380 e. The van der Waals surface area contributed by atoms with Crippen molar-refractivity contribution in [1.82, 2.24) is 0 Å². The van der Waals surface area contributed by atoms with Gasteiger partial charge in [0.25, 0.3) is 0 Å². The molecule has 0 saturated carbocycles. The average molecular weight is 358 g/mol. The fourth-order valence-electron chi connectivity index (χ4n) is 1.66. The largest absolute Gasteiger partial charge is 0.380 e. The topological polar surface area (TPSA) is 55.1 Å². The molecule has 0 spiro atoms. The second-order valence-corrected chi connectivity index (χ2v) is 5.42. The minimum atomic E-state index is -0.528. The van der Waals surface area contributed by atoms with Crippen molar-refractivity contribution in [2.45, 2.75) is 6.54 Å². The van der Waals surface area contributed by atoms with Crippen LogP contribution in [0.3, 0.4) is 0 Å². The lowest BCUT2D eigenvalue weighted by Crippen LogP contribution is -2.11. The van der Waals surface area contributed by atoms with Crippen LogP contribution in [0.4, 0.5) is 10.1 Å². The van der Waals surface area contributed by atoms with E-state index in [1.165, 1.54) is 6.07 Å². The van der Waals surface area contributed by atoms with Crippen LogP contribution in [-0.4, -0.2) is 5.91 Å². The summed E-state index contributed by atoms with van der Waals surface area (Å²) in [4.78, 5) is 11.1. The number of amides is 1. The van der Waals surface area contributed by atoms with Gasteiger partial charge in [-0.05, 0) is 51.8 Å². The second kappa shape index (κ2) is 6.24. The third-order valence-corrected chi connectivity index (χ3v) is 3.69. The third-order valence-electron chi connectivity index (χ3n) is 2.72. The molecule has 0 bridgehead atoms. The number of anilines is 1. The van der Waals surface area contributed by atoms with Crippen molar-refractivity contribution < 1.29 is 9.18 Å². The van der Waals surface area contributed by atoms with Gasteiger partial charge in [0.05, 0.1) is 15.2 Å². The van der Waals surface area contributed by atoms with Crippen LogP contribution in [0, 0.1) is 5.82 Å². The number of primary amides is 1. The molecule has 0 radical (unpaired) electrons. The summed E-state index contributed by atoms with van der Waals surface area (Å²) in [6, 6.07) is 9.55. The summed E-state index contributed by atoms with van der Waals surface area (Å²) in [5.74, 6) is -0.860. The first-order valence-electron chi connectivity index (χ1n) is 5.74. The van der Waals surface area contributed by atoms with E-state index < -0.39 is 5.91 Å². The fourth-order valence-corrected chi connectivity index (χ4v) is 2.09. The van der Waals surface area contributed by atoms with Gasteiger partial charge in [0.1, 0.15) is 5.82 Å². The molecule has 0 unspecified atom stereocenters. The first kappa shape index (κ1) is 14.8. The Hall–Kier alpha value is -1.59. The van der Waals surface area contributed by atoms with Gasteiger partial charge in [0, 0.05) is 12.1 Å². The number of benzene rings is 2. The standard InChI is InChI=1S/C14H11BrClFN2O/c15-10-3-1-8(5-12(10)17)7-19-13-6-9(14(18)20)2-4-11(13)16/h1-6,19H,7H2,(H2,18,20). The van der Waals surface area contributed by atoms with E-state index in [0.29, 0.717) is 27.3 Å². The molecule has 0 atom stereocenters. The van der Waals surface area contributed by atoms with Crippen LogP contribution in [0.5, 0.6) is 0 Å². The van der Waals surface area contributed by atoms with E-state index >= 15 is 0 Å². The lowest BCUT2D eigenvalue weighted by Gasteiger charge is -2.10. The normalized spacial score (nSPS) is 10.3. The number of carbonyl (C=O) groups excluding carboxylic acids is 1. The molecule has 0 aliphatic rings. The van der Waals surface area contributed by atoms with Gasteiger partial charge in [-0.25, -0.2) is 4.39 Å². The molecule has 0 heterocycles. The number of nitrogens with one attached hydrogen (secondary N) is 1. The van der Waals surface area contributed by atoms with Crippen LogP contribution in [0.2, 0.25) is 5.02 Å². The Balaban J connectivity index is 2.15. The van der Waals surface area contributed by atoms with Crippen LogP contribution in [0.1, 0.15) is 15.9 Å². The summed E-state index contributed by atoms with van der Waals surface area (Å²) in [7, 11) is 0. The van der Waals surface area contributed by atoms with E-state index in [0.717, 1.165) is 5.56 Å². The number of halogens is 3. The van der Waals surface area contributed by atoms with E-state index in [2.05, 4.69) is 21.2 Å². The van der Waals surface area contributed by atoms with Crippen molar-refractivity contribution in [3.05, 3.63) is 62.8 Å². The highest BCUT2D eigenvalue weighted by Crippen LogP contribution is 2.24. The molecule has 1 amide bonds. The summed E-state index contributed by atoms with van der Waals surface area (Å²) < 4.78 is 13.8. The first-order valence-corrected chi connectivity index (χ1v) is 6.91. The Labute approximate surface area is 129 Å². The highest BCUT2D eigenvalue weighted by Gasteiger charge is 2.06. The third kappa shape index (κ3) is 3.49. The predicted octanol–water partition coefficient (Wildman–Crippen LogP) is 3.95. The highest BCUT2D eigenvalue weighted by atomic mass is 79.9. The monoisotopic (exact) mass is 356 g/mol. The molecule has 3 N–H and O–H groups in total. The molecule has 2 aromatic carbocycles. The van der Waals surface area contributed by atoms with Crippen molar-refractivity contribution in [1.29, 1.82) is 0 Å². The van der Waals surface area contributed by atoms with Crippen LogP contribution >= 0.6 is 27.5 Å². The zero-order chi connectivity index (χ0) is 14.7. The summed E-state index contributed by atoms with van der Waals surface area (Å²) in [6.07, 6.45) is 0. The molecule has 0 fully saturated rings. The zero-order valence-corrected chi connectivity index (χ0v) is 12.6. The summed E-state index contributed by atoms with van der Waals surface area (Å²) in [5.41, 5.74) is 6.90. The molecule has 3 nitrogen and oxygen atoms in total. The van der Waals surface area contributed by atoms with Gasteiger partial charge < -0.3 is 11.1 Å². The Morgan fingerprint density at radius 2 is 2.05 bits per heavy atom. The summed E-state index contributed by atoms with van der Waals surface area (Å²) in [5, 5.41) is 3.51. The van der Waals surface area contributed by atoms with Crippen LogP contribution in [0.15, 0.2) is 40.9 Å². The van der Waals surface area contributed by atoms with Gasteiger partial charge in [-0.2, -0.15) is 0 Å². The number of nitrogens with two attached hydrogens (primary N) is 1. The smallest absolute Gasteiger partial charge is 0.248 e. The molecule has 0 aliphatic carbocycles. The van der Waals surface area contributed by atoms with E-state index in [9.17, 15) is 9.18 Å². The van der Waals surface area contributed by atoms with Crippen molar-refractivity contribution >= 4 is 39.1 Å². The predicted molar refractivity (Wildman–Crippen MR) is 81.4 cm³/mol. The van der Waals surface area contributed by atoms with Gasteiger partial charge >= 0.3 is 0 Å². The van der Waals surface area contributed by atoms with Crippen LogP contribution in [-0.2, 0) is 6.54 Å². The van der Waals surface area contributed by atoms with Crippen molar-refractivity contribution in [3.63, 3.8) is 0 Å². The van der Waals surface area contributed by atoms with Gasteiger partial charge in [-0.3, -0.25) is 4.79 Å². The maximum Gasteiger partial charge on any atom is 0.248 e. The lowest BCUT2D eigenvalue weighted by atomic mass is 10.1. The number of hydrogen-bond acceptors (Lipinski definition) is 2. The van der Waals surface area contributed by atoms with Gasteiger partial charge in [0.15, 0.2) is 0 Å². The zero-order valence-electron chi connectivity index (χ0n) is 10.3. The fraction of sp³-hybridized carbons (Fsp3) is 0.0714. The Bertz CT molecular complexity index is 664. The van der Waals surface area contributed by atoms with E-state index in [-0.39, 0.29) is 5.82 Å². The molecule has 20 heavy (non-hydrogen) atoms. The Morgan fingerprint density at radius 3 is 2.70 bits per heavy atom. The van der Waals surface area contributed by atoms with E-state index in [4.69, 9.17) is 17.3 Å².